The van der Waals surface area contributed by atoms with Crippen LogP contribution in [0.25, 0.3) is 11.1 Å². The van der Waals surface area contributed by atoms with Gasteiger partial charge in [0.25, 0.3) is 0 Å². The lowest BCUT2D eigenvalue weighted by atomic mass is 9.88. The molecule has 0 aromatic heterocycles. The Morgan fingerprint density at radius 1 is 1.03 bits per heavy atom. The number of hydrogen-bond donors (Lipinski definition) is 2. The molecule has 2 aliphatic rings. The van der Waals surface area contributed by atoms with E-state index in [0.29, 0.717) is 6.42 Å². The van der Waals surface area contributed by atoms with Gasteiger partial charge in [0.1, 0.15) is 12.6 Å². The SMILES string of the molecule is O=C(N[C@H](CC1CC=CCC1)C(=O)O)OCC1c2ccccc2-c2ccccc21. The number of alkyl carbamates (subject to hydrolysis) is 1. The topological polar surface area (TPSA) is 75.6 Å². The second kappa shape index (κ2) is 8.52. The van der Waals surface area contributed by atoms with Gasteiger partial charge in [-0.3, -0.25) is 0 Å². The Morgan fingerprint density at radius 2 is 1.69 bits per heavy atom. The molecule has 0 radical (unpaired) electrons. The van der Waals surface area contributed by atoms with Gasteiger partial charge < -0.3 is 15.2 Å². The molecule has 150 valence electrons. The van der Waals surface area contributed by atoms with Crippen LogP contribution in [-0.2, 0) is 9.53 Å². The first-order valence-electron chi connectivity index (χ1n) is 10.1. The van der Waals surface area contributed by atoms with Crippen LogP contribution in [-0.4, -0.2) is 29.8 Å². The second-order valence-corrected chi connectivity index (χ2v) is 7.75. The highest BCUT2D eigenvalue weighted by Gasteiger charge is 2.30. The number of ether oxygens (including phenoxy) is 1. The van der Waals surface area contributed by atoms with E-state index in [1.807, 2.05) is 24.3 Å². The van der Waals surface area contributed by atoms with Crippen molar-refractivity contribution in [3.8, 4) is 11.1 Å². The zero-order valence-corrected chi connectivity index (χ0v) is 16.2. The van der Waals surface area contributed by atoms with Crippen molar-refractivity contribution in [2.75, 3.05) is 6.61 Å². The van der Waals surface area contributed by atoms with Crippen LogP contribution >= 0.6 is 0 Å². The van der Waals surface area contributed by atoms with Gasteiger partial charge in [-0.15, -0.1) is 0 Å². The lowest BCUT2D eigenvalue weighted by molar-refractivity contribution is -0.139. The summed E-state index contributed by atoms with van der Waals surface area (Å²) < 4.78 is 5.48. The zero-order valence-electron chi connectivity index (χ0n) is 16.2. The number of rotatable bonds is 6. The zero-order chi connectivity index (χ0) is 20.2. The third-order valence-electron chi connectivity index (χ3n) is 5.88. The van der Waals surface area contributed by atoms with Gasteiger partial charge in [-0.25, -0.2) is 9.59 Å². The van der Waals surface area contributed by atoms with Gasteiger partial charge in [0, 0.05) is 5.92 Å². The first kappa shape index (κ1) is 19.2. The highest BCUT2D eigenvalue weighted by molar-refractivity contribution is 5.81. The van der Waals surface area contributed by atoms with Crippen molar-refractivity contribution >= 4 is 12.1 Å². The summed E-state index contributed by atoms with van der Waals surface area (Å²) in [5.41, 5.74) is 4.58. The number of amides is 1. The number of benzene rings is 2. The first-order valence-corrected chi connectivity index (χ1v) is 10.1. The Balaban J connectivity index is 1.40. The summed E-state index contributed by atoms with van der Waals surface area (Å²) in [4.78, 5) is 24.0. The van der Waals surface area contributed by atoms with E-state index in [-0.39, 0.29) is 18.4 Å². The molecule has 0 aliphatic heterocycles. The van der Waals surface area contributed by atoms with E-state index in [0.717, 1.165) is 41.5 Å². The number of carbonyl (C=O) groups is 2. The normalized spacial score (nSPS) is 18.6. The maximum Gasteiger partial charge on any atom is 0.407 e. The highest BCUT2D eigenvalue weighted by atomic mass is 16.5. The standard InChI is InChI=1S/C24H25NO4/c26-23(27)22(14-16-8-2-1-3-9-16)25-24(28)29-15-21-19-12-6-4-10-17(19)18-11-5-7-13-20(18)21/h1-2,4-7,10-13,16,21-22H,3,8-9,14-15H2,(H,25,28)(H,26,27)/t16?,22-/m1/s1. The van der Waals surface area contributed by atoms with Crippen LogP contribution < -0.4 is 5.32 Å². The summed E-state index contributed by atoms with van der Waals surface area (Å²) in [6, 6.07) is 15.3. The second-order valence-electron chi connectivity index (χ2n) is 7.75. The minimum Gasteiger partial charge on any atom is -0.480 e. The van der Waals surface area contributed by atoms with E-state index in [2.05, 4.69) is 41.7 Å². The lowest BCUT2D eigenvalue weighted by Crippen LogP contribution is -2.42. The maximum absolute atomic E-state index is 12.4. The third-order valence-corrected chi connectivity index (χ3v) is 5.88. The molecular weight excluding hydrogens is 366 g/mol. The van der Waals surface area contributed by atoms with Crippen LogP contribution in [0.5, 0.6) is 0 Å². The first-order chi connectivity index (χ1) is 14.1. The molecule has 1 unspecified atom stereocenters. The molecule has 0 bridgehead atoms. The third kappa shape index (κ3) is 4.19. The molecular formula is C24H25NO4. The maximum atomic E-state index is 12.4. The lowest BCUT2D eigenvalue weighted by Gasteiger charge is -2.22. The van der Waals surface area contributed by atoms with Crippen LogP contribution in [0.3, 0.4) is 0 Å². The molecule has 0 spiro atoms. The molecule has 2 N–H and O–H groups in total. The van der Waals surface area contributed by atoms with Gasteiger partial charge in [0.05, 0.1) is 0 Å². The van der Waals surface area contributed by atoms with E-state index in [4.69, 9.17) is 4.74 Å². The summed E-state index contributed by atoms with van der Waals surface area (Å²) in [7, 11) is 0. The smallest absolute Gasteiger partial charge is 0.407 e. The Labute approximate surface area is 170 Å². The molecule has 4 rings (SSSR count). The fourth-order valence-corrected chi connectivity index (χ4v) is 4.41. The molecule has 0 fully saturated rings. The fourth-order valence-electron chi connectivity index (χ4n) is 4.41. The van der Waals surface area contributed by atoms with Crippen molar-refractivity contribution in [2.45, 2.75) is 37.6 Å². The Bertz CT molecular complexity index is 890. The number of carboxylic acid groups (broad SMARTS) is 1. The molecule has 2 aliphatic carbocycles. The average molecular weight is 391 g/mol. The largest absolute Gasteiger partial charge is 0.480 e. The van der Waals surface area contributed by atoms with Crippen LogP contribution in [0.4, 0.5) is 4.79 Å². The van der Waals surface area contributed by atoms with Gasteiger partial charge in [0.15, 0.2) is 0 Å². The summed E-state index contributed by atoms with van der Waals surface area (Å²) in [5.74, 6) is -0.789. The Kier molecular flexibility index (Phi) is 5.65. The predicted molar refractivity (Wildman–Crippen MR) is 111 cm³/mol. The van der Waals surface area contributed by atoms with Crippen LogP contribution in [0.15, 0.2) is 60.7 Å². The summed E-state index contributed by atoms with van der Waals surface area (Å²) in [5, 5.41) is 12.1. The highest BCUT2D eigenvalue weighted by Crippen LogP contribution is 2.44. The summed E-state index contributed by atoms with van der Waals surface area (Å²) in [6.07, 6.45) is 6.71. The summed E-state index contributed by atoms with van der Waals surface area (Å²) in [6.45, 7) is 0.179. The number of carbonyl (C=O) groups excluding carboxylic acids is 1. The van der Waals surface area contributed by atoms with Crippen molar-refractivity contribution < 1.29 is 19.4 Å². The monoisotopic (exact) mass is 391 g/mol. The van der Waals surface area contributed by atoms with Gasteiger partial charge >= 0.3 is 12.1 Å². The molecule has 5 nitrogen and oxygen atoms in total. The van der Waals surface area contributed by atoms with Crippen molar-refractivity contribution in [3.63, 3.8) is 0 Å². The van der Waals surface area contributed by atoms with E-state index >= 15 is 0 Å². The molecule has 2 aromatic carbocycles. The number of carboxylic acids is 1. The van der Waals surface area contributed by atoms with E-state index in [1.165, 1.54) is 0 Å². The van der Waals surface area contributed by atoms with Gasteiger partial charge in [-0.05, 0) is 53.9 Å². The molecule has 0 saturated carbocycles. The fraction of sp³-hybridized carbons (Fsp3) is 0.333. The van der Waals surface area contributed by atoms with Crippen LogP contribution in [0.2, 0.25) is 0 Å². The van der Waals surface area contributed by atoms with Crippen LogP contribution in [0, 0.1) is 5.92 Å². The number of hydrogen-bond acceptors (Lipinski definition) is 3. The molecule has 2 aromatic rings. The summed E-state index contributed by atoms with van der Waals surface area (Å²) >= 11 is 0. The average Bonchev–Trinajstić information content (AvgIpc) is 3.06. The van der Waals surface area contributed by atoms with Crippen molar-refractivity contribution in [1.29, 1.82) is 0 Å². The molecule has 0 heterocycles. The van der Waals surface area contributed by atoms with Crippen molar-refractivity contribution in [3.05, 3.63) is 71.8 Å². The predicted octanol–water partition coefficient (Wildman–Crippen LogP) is 4.72. The Morgan fingerprint density at radius 3 is 2.28 bits per heavy atom. The van der Waals surface area contributed by atoms with Crippen molar-refractivity contribution in [2.24, 2.45) is 5.92 Å². The number of allylic oxidation sites excluding steroid dienone is 2. The van der Waals surface area contributed by atoms with Gasteiger partial charge in [0.2, 0.25) is 0 Å². The van der Waals surface area contributed by atoms with Crippen molar-refractivity contribution in [1.82, 2.24) is 5.32 Å². The van der Waals surface area contributed by atoms with Gasteiger partial charge in [-0.1, -0.05) is 60.7 Å². The number of fused-ring (bicyclic) bond motifs is 3. The van der Waals surface area contributed by atoms with E-state index in [1.54, 1.807) is 0 Å². The van der Waals surface area contributed by atoms with E-state index in [9.17, 15) is 14.7 Å². The Hall–Kier alpha value is -3.08. The number of aliphatic carboxylic acids is 1. The minimum atomic E-state index is -1.02. The minimum absolute atomic E-state index is 0.0418. The molecule has 2 atom stereocenters. The molecule has 0 saturated heterocycles. The number of nitrogens with one attached hydrogen (secondary N) is 1. The molecule has 5 heteroatoms. The molecule has 29 heavy (non-hydrogen) atoms. The quantitative estimate of drug-likeness (QED) is 0.699. The van der Waals surface area contributed by atoms with E-state index < -0.39 is 18.1 Å². The van der Waals surface area contributed by atoms with Gasteiger partial charge in [-0.2, -0.15) is 0 Å². The molecule has 1 amide bonds. The van der Waals surface area contributed by atoms with Crippen LogP contribution in [0.1, 0.15) is 42.7 Å².